The van der Waals surface area contributed by atoms with Crippen LogP contribution in [0.25, 0.3) is 6.08 Å². The molecule has 0 unspecified atom stereocenters. The van der Waals surface area contributed by atoms with Gasteiger partial charge in [0.2, 0.25) is 6.41 Å². The predicted octanol–water partition coefficient (Wildman–Crippen LogP) is 2.10. The highest BCUT2D eigenvalue weighted by atomic mass is 16.3. The minimum Gasteiger partial charge on any atom is -0.512 e. The molecule has 2 N–H and O–H groups in total. The van der Waals surface area contributed by atoms with Gasteiger partial charge in [0.25, 0.3) is 0 Å². The van der Waals surface area contributed by atoms with Gasteiger partial charge < -0.3 is 10.4 Å². The van der Waals surface area contributed by atoms with Crippen LogP contribution in [0.2, 0.25) is 0 Å². The van der Waals surface area contributed by atoms with E-state index in [-0.39, 0.29) is 0 Å². The number of fused-ring (bicyclic) bond motifs is 1. The predicted molar refractivity (Wildman–Crippen MR) is 55.1 cm³/mol. The highest BCUT2D eigenvalue weighted by molar-refractivity contribution is 5.74. The Kier molecular flexibility index (Phi) is 2.23. The smallest absolute Gasteiger partial charge is 0.211 e. The summed E-state index contributed by atoms with van der Waals surface area (Å²) in [6.45, 7) is 0. The molecule has 0 saturated carbocycles. The number of rotatable bonds is 2. The number of anilines is 1. The molecule has 1 aliphatic rings. The number of allylic oxidation sites excluding steroid dienone is 1. The minimum absolute atomic E-state index is 0.403. The average Bonchev–Trinajstić information content (AvgIpc) is 2.17. The number of hydrogen-bond acceptors (Lipinski definition) is 2. The lowest BCUT2D eigenvalue weighted by atomic mass is 9.96. The first-order chi connectivity index (χ1) is 6.79. The molecule has 3 nitrogen and oxygen atoms in total. The molecule has 0 fully saturated rings. The van der Waals surface area contributed by atoms with Crippen LogP contribution in [0.3, 0.4) is 0 Å². The van der Waals surface area contributed by atoms with Gasteiger partial charge in [0.05, 0.1) is 5.76 Å². The minimum atomic E-state index is 0.403. The fraction of sp³-hybridized carbons (Fsp3) is 0.182. The Hall–Kier alpha value is -1.77. The lowest BCUT2D eigenvalue weighted by Crippen LogP contribution is -2.01. The van der Waals surface area contributed by atoms with Crippen molar-refractivity contribution in [1.82, 2.24) is 0 Å². The van der Waals surface area contributed by atoms with Crippen molar-refractivity contribution < 1.29 is 9.90 Å². The van der Waals surface area contributed by atoms with E-state index in [1.54, 1.807) is 6.08 Å². The highest BCUT2D eigenvalue weighted by Gasteiger charge is 2.09. The first-order valence-electron chi connectivity index (χ1n) is 4.52. The molecule has 1 amide bonds. The van der Waals surface area contributed by atoms with Gasteiger partial charge in [-0.25, -0.2) is 0 Å². The maximum Gasteiger partial charge on any atom is 0.211 e. The molecule has 0 saturated heterocycles. The fourth-order valence-electron chi connectivity index (χ4n) is 1.63. The second-order valence-electron chi connectivity index (χ2n) is 3.31. The van der Waals surface area contributed by atoms with Crippen molar-refractivity contribution in [2.75, 3.05) is 5.32 Å². The first kappa shape index (κ1) is 8.81. The van der Waals surface area contributed by atoms with Gasteiger partial charge in [-0.15, -0.1) is 0 Å². The zero-order chi connectivity index (χ0) is 9.97. The molecular weight excluding hydrogens is 178 g/mol. The van der Waals surface area contributed by atoms with Crippen molar-refractivity contribution in [2.24, 2.45) is 0 Å². The second kappa shape index (κ2) is 3.54. The standard InChI is InChI=1S/C11H11NO2/c13-7-12-10-3-1-8-2-4-11(14)6-9(8)5-10/h1,3,5-7,14H,2,4H2,(H,12,13). The van der Waals surface area contributed by atoms with Gasteiger partial charge in [-0.3, -0.25) is 4.79 Å². The lowest BCUT2D eigenvalue weighted by molar-refractivity contribution is -0.105. The number of aliphatic hydroxyl groups excluding tert-OH is 1. The van der Waals surface area contributed by atoms with Crippen LogP contribution in [0.15, 0.2) is 24.0 Å². The molecule has 0 radical (unpaired) electrons. The van der Waals surface area contributed by atoms with E-state index in [2.05, 4.69) is 5.32 Å². The quantitative estimate of drug-likeness (QED) is 0.700. The lowest BCUT2D eigenvalue weighted by Gasteiger charge is -2.13. The Morgan fingerprint density at radius 2 is 2.21 bits per heavy atom. The van der Waals surface area contributed by atoms with Crippen LogP contribution < -0.4 is 5.32 Å². The fourth-order valence-corrected chi connectivity index (χ4v) is 1.63. The molecule has 1 aromatic rings. The van der Waals surface area contributed by atoms with E-state index in [4.69, 9.17) is 0 Å². The third kappa shape index (κ3) is 1.62. The van der Waals surface area contributed by atoms with Crippen molar-refractivity contribution in [2.45, 2.75) is 12.8 Å². The number of carbonyl (C=O) groups is 1. The topological polar surface area (TPSA) is 49.3 Å². The summed E-state index contributed by atoms with van der Waals surface area (Å²) in [5.74, 6) is 0.403. The normalized spacial score (nSPS) is 14.1. The number of hydrogen-bond donors (Lipinski definition) is 2. The summed E-state index contributed by atoms with van der Waals surface area (Å²) in [4.78, 5) is 10.2. The van der Waals surface area contributed by atoms with Crippen molar-refractivity contribution in [1.29, 1.82) is 0 Å². The molecule has 0 spiro atoms. The molecule has 1 aromatic carbocycles. The molecule has 0 aromatic heterocycles. The Balaban J connectivity index is 2.39. The number of amides is 1. The van der Waals surface area contributed by atoms with E-state index < -0.39 is 0 Å². The van der Waals surface area contributed by atoms with Crippen LogP contribution >= 0.6 is 0 Å². The zero-order valence-electron chi connectivity index (χ0n) is 7.66. The van der Waals surface area contributed by atoms with Crippen molar-refractivity contribution in [3.63, 3.8) is 0 Å². The van der Waals surface area contributed by atoms with Gasteiger partial charge in [-0.2, -0.15) is 0 Å². The number of carbonyl (C=O) groups excluding carboxylic acids is 1. The average molecular weight is 189 g/mol. The Morgan fingerprint density at radius 3 is 3.00 bits per heavy atom. The van der Waals surface area contributed by atoms with E-state index >= 15 is 0 Å². The Labute approximate surface area is 82.1 Å². The molecule has 0 heterocycles. The third-order valence-corrected chi connectivity index (χ3v) is 2.34. The van der Waals surface area contributed by atoms with Crippen LogP contribution in [-0.2, 0) is 11.2 Å². The Morgan fingerprint density at radius 1 is 1.36 bits per heavy atom. The van der Waals surface area contributed by atoms with Gasteiger partial charge in [-0.1, -0.05) is 6.07 Å². The maximum absolute atomic E-state index is 10.2. The molecule has 14 heavy (non-hydrogen) atoms. The SMILES string of the molecule is O=CNc1ccc2c(c1)C=C(O)CC2. The van der Waals surface area contributed by atoms with Gasteiger partial charge in [0.1, 0.15) is 0 Å². The number of aryl methyl sites for hydroxylation is 1. The van der Waals surface area contributed by atoms with Crippen molar-refractivity contribution >= 4 is 18.2 Å². The number of nitrogens with one attached hydrogen (secondary N) is 1. The van der Waals surface area contributed by atoms with E-state index in [0.717, 1.165) is 17.7 Å². The summed E-state index contributed by atoms with van der Waals surface area (Å²) >= 11 is 0. The second-order valence-corrected chi connectivity index (χ2v) is 3.31. The van der Waals surface area contributed by atoms with E-state index in [1.165, 1.54) is 5.56 Å². The van der Waals surface area contributed by atoms with Crippen LogP contribution in [0, 0.1) is 0 Å². The molecular formula is C11H11NO2. The highest BCUT2D eigenvalue weighted by Crippen LogP contribution is 2.25. The van der Waals surface area contributed by atoms with Crippen molar-refractivity contribution in [3.8, 4) is 0 Å². The molecule has 72 valence electrons. The molecule has 2 rings (SSSR count). The Bertz CT molecular complexity index is 396. The molecule has 3 heteroatoms. The summed E-state index contributed by atoms with van der Waals surface area (Å²) in [6.07, 6.45) is 3.95. The first-order valence-corrected chi connectivity index (χ1v) is 4.52. The van der Waals surface area contributed by atoms with Gasteiger partial charge >= 0.3 is 0 Å². The number of aliphatic hydroxyl groups is 1. The maximum atomic E-state index is 10.2. The van der Waals surface area contributed by atoms with Crippen LogP contribution in [0.5, 0.6) is 0 Å². The van der Waals surface area contributed by atoms with E-state index in [1.807, 2.05) is 18.2 Å². The van der Waals surface area contributed by atoms with E-state index in [9.17, 15) is 9.90 Å². The van der Waals surface area contributed by atoms with Crippen LogP contribution in [-0.4, -0.2) is 11.5 Å². The molecule has 0 bridgehead atoms. The third-order valence-electron chi connectivity index (χ3n) is 2.34. The summed E-state index contributed by atoms with van der Waals surface area (Å²) < 4.78 is 0. The number of benzene rings is 1. The van der Waals surface area contributed by atoms with Crippen LogP contribution in [0.4, 0.5) is 5.69 Å². The summed E-state index contributed by atoms with van der Waals surface area (Å²) in [5.41, 5.74) is 2.95. The molecule has 0 aliphatic heterocycles. The largest absolute Gasteiger partial charge is 0.512 e. The molecule has 0 atom stereocenters. The van der Waals surface area contributed by atoms with Gasteiger partial charge in [0, 0.05) is 12.1 Å². The van der Waals surface area contributed by atoms with Crippen LogP contribution in [0.1, 0.15) is 17.5 Å². The zero-order valence-corrected chi connectivity index (χ0v) is 7.66. The van der Waals surface area contributed by atoms with E-state index in [0.29, 0.717) is 18.6 Å². The summed E-state index contributed by atoms with van der Waals surface area (Å²) in [7, 11) is 0. The van der Waals surface area contributed by atoms with Gasteiger partial charge in [0.15, 0.2) is 0 Å². The summed E-state index contributed by atoms with van der Waals surface area (Å²) in [5, 5.41) is 11.9. The van der Waals surface area contributed by atoms with Gasteiger partial charge in [-0.05, 0) is 35.8 Å². The molecule has 1 aliphatic carbocycles. The van der Waals surface area contributed by atoms with Crippen molar-refractivity contribution in [3.05, 3.63) is 35.1 Å². The monoisotopic (exact) mass is 189 g/mol. The summed E-state index contributed by atoms with van der Waals surface area (Å²) in [6, 6.07) is 5.70.